The average molecular weight is 305 g/mol. The molecule has 0 radical (unpaired) electrons. The molecule has 0 bridgehead atoms. The van der Waals surface area contributed by atoms with E-state index in [1.54, 1.807) is 11.3 Å². The van der Waals surface area contributed by atoms with E-state index in [1.807, 2.05) is 22.1 Å². The third-order valence-corrected chi connectivity index (χ3v) is 5.60. The zero-order valence-corrected chi connectivity index (χ0v) is 12.9. The molecule has 4 rings (SSSR count). The topological polar surface area (TPSA) is 53.5 Å². The molecule has 2 atom stereocenters. The molecule has 1 aromatic heterocycles. The maximum absolute atomic E-state index is 12.5. The van der Waals surface area contributed by atoms with Crippen molar-refractivity contribution in [2.24, 2.45) is 17.8 Å². The molecule has 21 heavy (non-hydrogen) atoms. The van der Waals surface area contributed by atoms with Crippen LogP contribution in [0.4, 0.5) is 0 Å². The van der Waals surface area contributed by atoms with E-state index in [4.69, 9.17) is 0 Å². The maximum Gasteiger partial charge on any atom is 0.228 e. The van der Waals surface area contributed by atoms with E-state index in [-0.39, 0.29) is 23.7 Å². The highest BCUT2D eigenvalue weighted by molar-refractivity contribution is 7.09. The first-order valence-electron chi connectivity index (χ1n) is 7.60. The number of rotatable bonds is 3. The fraction of sp³-hybridized carbons (Fsp3) is 0.667. The Bertz CT molecular complexity index is 595. The molecule has 0 spiro atoms. The molecule has 3 heterocycles. The zero-order chi connectivity index (χ0) is 14.6. The van der Waals surface area contributed by atoms with Crippen LogP contribution in [0.3, 0.4) is 0 Å². The molecule has 1 aromatic rings. The zero-order valence-electron chi connectivity index (χ0n) is 12.1. The Kier molecular flexibility index (Phi) is 3.03. The van der Waals surface area contributed by atoms with Crippen molar-refractivity contribution >= 4 is 23.2 Å². The number of aromatic nitrogens is 1. The van der Waals surface area contributed by atoms with Gasteiger partial charge in [-0.3, -0.25) is 9.59 Å². The van der Waals surface area contributed by atoms with Crippen molar-refractivity contribution in [1.29, 1.82) is 0 Å². The van der Waals surface area contributed by atoms with Crippen molar-refractivity contribution in [1.82, 2.24) is 14.8 Å². The first-order valence-corrected chi connectivity index (χ1v) is 8.48. The van der Waals surface area contributed by atoms with Gasteiger partial charge in [-0.15, -0.1) is 11.3 Å². The molecule has 2 aliphatic heterocycles. The Labute approximate surface area is 127 Å². The van der Waals surface area contributed by atoms with Gasteiger partial charge in [-0.05, 0) is 19.8 Å². The average Bonchev–Trinajstić information content (AvgIpc) is 3.01. The summed E-state index contributed by atoms with van der Waals surface area (Å²) in [5.41, 5.74) is 0.983. The number of fused-ring (bicyclic) bond motifs is 1. The minimum Gasteiger partial charge on any atom is -0.341 e. The molecule has 1 saturated carbocycles. The van der Waals surface area contributed by atoms with Crippen LogP contribution in [0.25, 0.3) is 0 Å². The highest BCUT2D eigenvalue weighted by Crippen LogP contribution is 2.37. The number of aryl methyl sites for hydroxylation is 1. The molecule has 1 aliphatic carbocycles. The van der Waals surface area contributed by atoms with Gasteiger partial charge >= 0.3 is 0 Å². The second-order valence-corrected chi connectivity index (χ2v) is 7.52. The van der Waals surface area contributed by atoms with E-state index >= 15 is 0 Å². The molecular formula is C15H19N3O2S. The van der Waals surface area contributed by atoms with Gasteiger partial charge < -0.3 is 9.80 Å². The summed E-state index contributed by atoms with van der Waals surface area (Å²) in [4.78, 5) is 32.9. The fourth-order valence-corrected chi connectivity index (χ4v) is 4.13. The van der Waals surface area contributed by atoms with Crippen LogP contribution in [-0.4, -0.2) is 46.2 Å². The van der Waals surface area contributed by atoms with Crippen molar-refractivity contribution in [2.75, 3.05) is 19.6 Å². The van der Waals surface area contributed by atoms with Gasteiger partial charge in [0.1, 0.15) is 0 Å². The van der Waals surface area contributed by atoms with Gasteiger partial charge in [0.25, 0.3) is 0 Å². The van der Waals surface area contributed by atoms with Crippen LogP contribution < -0.4 is 0 Å². The number of hydrogen-bond acceptors (Lipinski definition) is 4. The van der Waals surface area contributed by atoms with Gasteiger partial charge in [0.2, 0.25) is 11.8 Å². The van der Waals surface area contributed by atoms with Crippen molar-refractivity contribution in [3.8, 4) is 0 Å². The Balaban J connectivity index is 1.40. The Morgan fingerprint density at radius 1 is 1.38 bits per heavy atom. The first-order chi connectivity index (χ1) is 10.1. The monoisotopic (exact) mass is 305 g/mol. The molecule has 6 heteroatoms. The van der Waals surface area contributed by atoms with E-state index in [2.05, 4.69) is 4.98 Å². The molecule has 2 saturated heterocycles. The van der Waals surface area contributed by atoms with E-state index < -0.39 is 0 Å². The quantitative estimate of drug-likeness (QED) is 0.845. The number of amides is 2. The Morgan fingerprint density at radius 3 is 2.81 bits per heavy atom. The minimum atomic E-state index is 0.0208. The molecule has 2 amide bonds. The van der Waals surface area contributed by atoms with Crippen molar-refractivity contribution in [2.45, 2.75) is 26.3 Å². The lowest BCUT2D eigenvalue weighted by Gasteiger charge is -2.21. The van der Waals surface area contributed by atoms with Crippen LogP contribution in [0.1, 0.15) is 23.5 Å². The summed E-state index contributed by atoms with van der Waals surface area (Å²) in [7, 11) is 0. The number of hydrogen-bond donors (Lipinski definition) is 0. The summed E-state index contributed by atoms with van der Waals surface area (Å²) in [6.45, 7) is 4.76. The molecule has 3 aliphatic rings. The third-order valence-electron chi connectivity index (χ3n) is 4.78. The van der Waals surface area contributed by atoms with E-state index in [0.29, 0.717) is 19.0 Å². The van der Waals surface area contributed by atoms with E-state index in [9.17, 15) is 9.59 Å². The standard InChI is InChI=1S/C15H19N3O2S/c1-9-16-12(8-21-9)6-17-4-11-5-18(7-13(11)15(17)20)14(19)10-2-3-10/h8,10-11,13H,2-7H2,1H3/t11-,13+/m1/s1. The second-order valence-electron chi connectivity index (χ2n) is 6.46. The Morgan fingerprint density at radius 2 is 2.19 bits per heavy atom. The summed E-state index contributed by atoms with van der Waals surface area (Å²) in [5.74, 6) is 1.08. The lowest BCUT2D eigenvalue weighted by Crippen LogP contribution is -2.36. The predicted octanol–water partition coefficient (Wildman–Crippen LogP) is 1.28. The number of nitrogens with zero attached hydrogens (tertiary/aromatic N) is 3. The molecule has 5 nitrogen and oxygen atoms in total. The van der Waals surface area contributed by atoms with Gasteiger partial charge in [0.15, 0.2) is 0 Å². The highest BCUT2D eigenvalue weighted by atomic mass is 32.1. The van der Waals surface area contributed by atoms with Gasteiger partial charge in [0, 0.05) is 36.9 Å². The fourth-order valence-electron chi connectivity index (χ4n) is 3.53. The van der Waals surface area contributed by atoms with Gasteiger partial charge in [-0.1, -0.05) is 0 Å². The lowest BCUT2D eigenvalue weighted by atomic mass is 10.0. The number of carbonyl (C=O) groups is 2. The number of thiazole rings is 1. The summed E-state index contributed by atoms with van der Waals surface area (Å²) in [6.07, 6.45) is 2.07. The normalized spacial score (nSPS) is 28.3. The van der Waals surface area contributed by atoms with E-state index in [1.165, 1.54) is 0 Å². The van der Waals surface area contributed by atoms with E-state index in [0.717, 1.165) is 36.6 Å². The number of carbonyl (C=O) groups excluding carboxylic acids is 2. The third kappa shape index (κ3) is 2.35. The minimum absolute atomic E-state index is 0.0208. The second kappa shape index (κ2) is 4.80. The van der Waals surface area contributed by atoms with Crippen LogP contribution in [0.5, 0.6) is 0 Å². The largest absolute Gasteiger partial charge is 0.341 e. The predicted molar refractivity (Wildman–Crippen MR) is 78.6 cm³/mol. The molecule has 112 valence electrons. The Hall–Kier alpha value is -1.43. The van der Waals surface area contributed by atoms with Crippen molar-refractivity contribution in [3.05, 3.63) is 16.1 Å². The van der Waals surface area contributed by atoms with Gasteiger partial charge in [0.05, 0.1) is 23.2 Å². The van der Waals surface area contributed by atoms with Crippen molar-refractivity contribution in [3.63, 3.8) is 0 Å². The summed E-state index contributed by atoms with van der Waals surface area (Å²) < 4.78 is 0. The summed E-state index contributed by atoms with van der Waals surface area (Å²) >= 11 is 1.62. The van der Waals surface area contributed by atoms with Crippen LogP contribution >= 0.6 is 11.3 Å². The van der Waals surface area contributed by atoms with Crippen LogP contribution in [-0.2, 0) is 16.1 Å². The SMILES string of the molecule is Cc1nc(CN2C[C@@H]3CN(C(=O)C4CC4)C[C@@H]3C2=O)cs1. The molecule has 0 N–H and O–H groups in total. The molecular weight excluding hydrogens is 286 g/mol. The molecule has 0 aromatic carbocycles. The van der Waals surface area contributed by atoms with Crippen molar-refractivity contribution < 1.29 is 9.59 Å². The highest BCUT2D eigenvalue weighted by Gasteiger charge is 2.49. The lowest BCUT2D eigenvalue weighted by molar-refractivity contribution is -0.134. The van der Waals surface area contributed by atoms with Crippen LogP contribution in [0.2, 0.25) is 0 Å². The molecule has 0 unspecified atom stereocenters. The van der Waals surface area contributed by atoms with Crippen LogP contribution in [0.15, 0.2) is 5.38 Å². The summed E-state index contributed by atoms with van der Waals surface area (Å²) in [5, 5.41) is 3.07. The van der Waals surface area contributed by atoms with Crippen LogP contribution in [0, 0.1) is 24.7 Å². The smallest absolute Gasteiger partial charge is 0.228 e. The first kappa shape index (κ1) is 13.2. The van der Waals surface area contributed by atoms with Gasteiger partial charge in [-0.25, -0.2) is 4.98 Å². The number of likely N-dealkylation sites (tertiary alicyclic amines) is 2. The van der Waals surface area contributed by atoms with Gasteiger partial charge in [-0.2, -0.15) is 0 Å². The maximum atomic E-state index is 12.5. The molecule has 3 fully saturated rings. The summed E-state index contributed by atoms with van der Waals surface area (Å²) in [6, 6.07) is 0.